The highest BCUT2D eigenvalue weighted by molar-refractivity contribution is 4.97. The SMILES string of the molecule is c1cc(CN2CC(N3CCNCC3)C2)on1. The molecule has 0 unspecified atom stereocenters. The highest BCUT2D eigenvalue weighted by Gasteiger charge is 2.32. The molecule has 3 rings (SSSR count). The van der Waals surface area contributed by atoms with Crippen LogP contribution in [0.15, 0.2) is 16.8 Å². The molecular weight excluding hydrogens is 204 g/mol. The predicted octanol–water partition coefficient (Wildman–Crippen LogP) is -0.236. The minimum atomic E-state index is 0.755. The minimum Gasteiger partial charge on any atom is -0.360 e. The molecule has 3 heterocycles. The van der Waals surface area contributed by atoms with E-state index in [1.807, 2.05) is 6.07 Å². The first-order valence-corrected chi connectivity index (χ1v) is 5.98. The lowest BCUT2D eigenvalue weighted by Gasteiger charge is -2.46. The van der Waals surface area contributed by atoms with Crippen molar-refractivity contribution in [2.24, 2.45) is 0 Å². The molecule has 5 heteroatoms. The van der Waals surface area contributed by atoms with E-state index in [4.69, 9.17) is 4.52 Å². The Morgan fingerprint density at radius 2 is 2.19 bits per heavy atom. The zero-order valence-corrected chi connectivity index (χ0v) is 9.43. The monoisotopic (exact) mass is 222 g/mol. The Bertz CT molecular complexity index is 315. The van der Waals surface area contributed by atoms with Gasteiger partial charge in [-0.25, -0.2) is 0 Å². The third-order valence-corrected chi connectivity index (χ3v) is 3.48. The first kappa shape index (κ1) is 10.3. The molecule has 0 atom stereocenters. The molecule has 0 bridgehead atoms. The van der Waals surface area contributed by atoms with Crippen molar-refractivity contribution in [2.45, 2.75) is 12.6 Å². The van der Waals surface area contributed by atoms with Gasteiger partial charge in [0.1, 0.15) is 0 Å². The van der Waals surface area contributed by atoms with Crippen LogP contribution in [0.4, 0.5) is 0 Å². The largest absolute Gasteiger partial charge is 0.360 e. The Kier molecular flexibility index (Phi) is 2.90. The van der Waals surface area contributed by atoms with Crippen LogP contribution < -0.4 is 5.32 Å². The quantitative estimate of drug-likeness (QED) is 0.765. The Labute approximate surface area is 95.4 Å². The summed E-state index contributed by atoms with van der Waals surface area (Å²) in [5.41, 5.74) is 0. The van der Waals surface area contributed by atoms with Gasteiger partial charge in [-0.3, -0.25) is 9.80 Å². The molecule has 2 aliphatic heterocycles. The number of piperazine rings is 1. The molecule has 2 saturated heterocycles. The first-order valence-electron chi connectivity index (χ1n) is 5.98. The van der Waals surface area contributed by atoms with Crippen LogP contribution in [0.25, 0.3) is 0 Å². The fraction of sp³-hybridized carbons (Fsp3) is 0.727. The van der Waals surface area contributed by atoms with E-state index in [2.05, 4.69) is 20.3 Å². The Morgan fingerprint density at radius 1 is 1.38 bits per heavy atom. The number of rotatable bonds is 3. The fourth-order valence-electron chi connectivity index (χ4n) is 2.49. The van der Waals surface area contributed by atoms with E-state index in [1.54, 1.807) is 6.20 Å². The summed E-state index contributed by atoms with van der Waals surface area (Å²) in [6.07, 6.45) is 1.71. The molecule has 0 spiro atoms. The van der Waals surface area contributed by atoms with Crippen LogP contribution in [0.2, 0.25) is 0 Å². The molecular formula is C11H18N4O. The van der Waals surface area contributed by atoms with Gasteiger partial charge in [0.2, 0.25) is 0 Å². The molecule has 2 aliphatic rings. The summed E-state index contributed by atoms with van der Waals surface area (Å²) in [5, 5.41) is 7.11. The van der Waals surface area contributed by atoms with E-state index in [-0.39, 0.29) is 0 Å². The number of nitrogens with one attached hydrogen (secondary N) is 1. The summed E-state index contributed by atoms with van der Waals surface area (Å²) >= 11 is 0. The second kappa shape index (κ2) is 4.53. The van der Waals surface area contributed by atoms with Crippen LogP contribution in [0.5, 0.6) is 0 Å². The van der Waals surface area contributed by atoms with Gasteiger partial charge in [-0.05, 0) is 0 Å². The lowest BCUT2D eigenvalue weighted by atomic mass is 10.1. The highest BCUT2D eigenvalue weighted by atomic mass is 16.5. The number of hydrogen-bond acceptors (Lipinski definition) is 5. The Balaban J connectivity index is 1.44. The lowest BCUT2D eigenvalue weighted by molar-refractivity contribution is 0.0175. The summed E-state index contributed by atoms with van der Waals surface area (Å²) in [6.45, 7) is 7.91. The molecule has 88 valence electrons. The molecule has 0 aromatic carbocycles. The zero-order valence-electron chi connectivity index (χ0n) is 9.43. The smallest absolute Gasteiger partial charge is 0.150 e. The lowest BCUT2D eigenvalue weighted by Crippen LogP contribution is -2.62. The highest BCUT2D eigenvalue weighted by Crippen LogP contribution is 2.17. The van der Waals surface area contributed by atoms with Gasteiger partial charge in [-0.2, -0.15) is 0 Å². The summed E-state index contributed by atoms with van der Waals surface area (Å²) in [4.78, 5) is 5.00. The van der Waals surface area contributed by atoms with Crippen molar-refractivity contribution in [2.75, 3.05) is 39.3 Å². The van der Waals surface area contributed by atoms with Crippen LogP contribution in [-0.4, -0.2) is 60.3 Å². The van der Waals surface area contributed by atoms with Gasteiger partial charge < -0.3 is 9.84 Å². The van der Waals surface area contributed by atoms with Crippen molar-refractivity contribution in [3.63, 3.8) is 0 Å². The molecule has 0 aliphatic carbocycles. The van der Waals surface area contributed by atoms with Crippen LogP contribution in [0, 0.1) is 0 Å². The van der Waals surface area contributed by atoms with E-state index in [0.29, 0.717) is 0 Å². The second-order valence-corrected chi connectivity index (χ2v) is 4.61. The van der Waals surface area contributed by atoms with Gasteiger partial charge >= 0.3 is 0 Å². The van der Waals surface area contributed by atoms with Crippen LogP contribution in [0.3, 0.4) is 0 Å². The normalized spacial score (nSPS) is 24.5. The summed E-state index contributed by atoms with van der Waals surface area (Å²) in [6, 6.07) is 2.70. The summed E-state index contributed by atoms with van der Waals surface area (Å²) in [7, 11) is 0. The molecule has 0 radical (unpaired) electrons. The van der Waals surface area contributed by atoms with E-state index in [1.165, 1.54) is 26.2 Å². The Morgan fingerprint density at radius 3 is 2.88 bits per heavy atom. The molecule has 5 nitrogen and oxygen atoms in total. The van der Waals surface area contributed by atoms with Crippen molar-refractivity contribution in [1.29, 1.82) is 0 Å². The molecule has 0 saturated carbocycles. The first-order chi connectivity index (χ1) is 7.92. The minimum absolute atomic E-state index is 0.755. The van der Waals surface area contributed by atoms with Gasteiger partial charge in [0.25, 0.3) is 0 Å². The van der Waals surface area contributed by atoms with Gasteiger partial charge in [0.05, 0.1) is 12.7 Å². The molecule has 0 amide bonds. The Hall–Kier alpha value is -0.910. The van der Waals surface area contributed by atoms with Crippen LogP contribution in [-0.2, 0) is 6.54 Å². The van der Waals surface area contributed by atoms with E-state index in [9.17, 15) is 0 Å². The molecule has 1 N–H and O–H groups in total. The van der Waals surface area contributed by atoms with Crippen molar-refractivity contribution in [3.05, 3.63) is 18.0 Å². The average molecular weight is 222 g/mol. The third-order valence-electron chi connectivity index (χ3n) is 3.48. The van der Waals surface area contributed by atoms with Crippen LogP contribution in [0.1, 0.15) is 5.76 Å². The fourth-order valence-corrected chi connectivity index (χ4v) is 2.49. The number of likely N-dealkylation sites (tertiary alicyclic amines) is 1. The molecule has 1 aromatic rings. The van der Waals surface area contributed by atoms with Gasteiger partial charge in [-0.15, -0.1) is 0 Å². The van der Waals surface area contributed by atoms with Crippen LogP contribution >= 0.6 is 0 Å². The number of hydrogen-bond donors (Lipinski definition) is 1. The van der Waals surface area contributed by atoms with Gasteiger partial charge in [0.15, 0.2) is 5.76 Å². The van der Waals surface area contributed by atoms with Gasteiger partial charge in [0, 0.05) is 51.4 Å². The molecule has 16 heavy (non-hydrogen) atoms. The van der Waals surface area contributed by atoms with Crippen molar-refractivity contribution in [3.8, 4) is 0 Å². The standard InChI is InChI=1S/C11H18N4O/c1-2-13-16-11(1)9-14-7-10(8-14)15-5-3-12-4-6-15/h1-2,10,12H,3-9H2. The van der Waals surface area contributed by atoms with Crippen molar-refractivity contribution < 1.29 is 4.52 Å². The topological polar surface area (TPSA) is 44.5 Å². The van der Waals surface area contributed by atoms with Crippen molar-refractivity contribution >= 4 is 0 Å². The number of aromatic nitrogens is 1. The van der Waals surface area contributed by atoms with E-state index < -0.39 is 0 Å². The van der Waals surface area contributed by atoms with Crippen molar-refractivity contribution in [1.82, 2.24) is 20.3 Å². The van der Waals surface area contributed by atoms with E-state index in [0.717, 1.165) is 31.4 Å². The predicted molar refractivity (Wildman–Crippen MR) is 60.0 cm³/mol. The molecule has 2 fully saturated rings. The number of nitrogens with zero attached hydrogens (tertiary/aromatic N) is 3. The molecule has 1 aromatic heterocycles. The summed E-state index contributed by atoms with van der Waals surface area (Å²) < 4.78 is 5.11. The average Bonchev–Trinajstić information content (AvgIpc) is 2.77. The maximum absolute atomic E-state index is 5.11. The van der Waals surface area contributed by atoms with E-state index >= 15 is 0 Å². The second-order valence-electron chi connectivity index (χ2n) is 4.61. The zero-order chi connectivity index (χ0) is 10.8. The van der Waals surface area contributed by atoms with Gasteiger partial charge in [-0.1, -0.05) is 5.16 Å². The third kappa shape index (κ3) is 2.11. The summed E-state index contributed by atoms with van der Waals surface area (Å²) in [5.74, 6) is 0.971. The maximum Gasteiger partial charge on any atom is 0.150 e. The maximum atomic E-state index is 5.11.